The lowest BCUT2D eigenvalue weighted by Crippen LogP contribution is -2.37. The molecule has 0 aliphatic rings. The van der Waals surface area contributed by atoms with Crippen molar-refractivity contribution < 1.29 is 4.74 Å². The molecule has 158 valence electrons. The van der Waals surface area contributed by atoms with Crippen LogP contribution in [0.2, 0.25) is 5.02 Å². The van der Waals surface area contributed by atoms with Gasteiger partial charge in [-0.3, -0.25) is 0 Å². The Kier molecular flexibility index (Phi) is 6.75. The molecule has 0 fully saturated rings. The average Bonchev–Trinajstić information content (AvgIpc) is 3.23. The molecule has 3 N–H and O–H groups in total. The Bertz CT molecular complexity index is 1170. The zero-order valence-corrected chi connectivity index (χ0v) is 18.8. The average molecular weight is 450 g/mol. The van der Waals surface area contributed by atoms with E-state index >= 15 is 0 Å². The first kappa shape index (κ1) is 21.2. The van der Waals surface area contributed by atoms with E-state index in [1.165, 1.54) is 10.9 Å². The van der Waals surface area contributed by atoms with E-state index < -0.39 is 0 Å². The predicted octanol–water partition coefficient (Wildman–Crippen LogP) is 5.63. The number of para-hydroxylation sites is 1. The van der Waals surface area contributed by atoms with Gasteiger partial charge in [-0.1, -0.05) is 60.1 Å². The maximum atomic E-state index is 6.57. The van der Waals surface area contributed by atoms with Crippen LogP contribution in [-0.2, 0) is 6.54 Å². The fourth-order valence-electron chi connectivity index (χ4n) is 3.71. The molecule has 0 radical (unpaired) electrons. The Morgan fingerprint density at radius 1 is 0.968 bits per heavy atom. The Morgan fingerprint density at radius 2 is 1.71 bits per heavy atom. The topological polar surface area (TPSA) is 49.1 Å². The Morgan fingerprint density at radius 3 is 2.48 bits per heavy atom. The van der Waals surface area contributed by atoms with Crippen molar-refractivity contribution in [1.82, 2.24) is 15.6 Å². The van der Waals surface area contributed by atoms with Gasteiger partial charge >= 0.3 is 0 Å². The third-order valence-corrected chi connectivity index (χ3v) is 5.99. The highest BCUT2D eigenvalue weighted by molar-refractivity contribution is 7.80. The maximum Gasteiger partial charge on any atom is 0.166 e. The minimum atomic E-state index is 0.0468. The minimum Gasteiger partial charge on any atom is -0.497 e. The van der Waals surface area contributed by atoms with Crippen molar-refractivity contribution in [3.8, 4) is 5.75 Å². The van der Waals surface area contributed by atoms with Crippen molar-refractivity contribution in [2.24, 2.45) is 0 Å². The molecule has 1 aromatic heterocycles. The Balaban J connectivity index is 1.49. The molecule has 0 bridgehead atoms. The van der Waals surface area contributed by atoms with E-state index in [4.69, 9.17) is 28.6 Å². The van der Waals surface area contributed by atoms with Gasteiger partial charge in [-0.2, -0.15) is 0 Å². The summed E-state index contributed by atoms with van der Waals surface area (Å²) in [5.41, 5.74) is 4.49. The van der Waals surface area contributed by atoms with Crippen LogP contribution in [0.1, 0.15) is 22.6 Å². The van der Waals surface area contributed by atoms with Crippen molar-refractivity contribution >= 4 is 39.8 Å². The summed E-state index contributed by atoms with van der Waals surface area (Å²) in [5.74, 6) is 0.886. The van der Waals surface area contributed by atoms with E-state index in [2.05, 4.69) is 46.1 Å². The quantitative estimate of drug-likeness (QED) is 0.320. The predicted molar refractivity (Wildman–Crippen MR) is 132 cm³/mol. The van der Waals surface area contributed by atoms with E-state index in [9.17, 15) is 0 Å². The smallest absolute Gasteiger partial charge is 0.166 e. The summed E-state index contributed by atoms with van der Waals surface area (Å²) in [7, 11) is 1.66. The lowest BCUT2D eigenvalue weighted by molar-refractivity contribution is 0.414. The molecular formula is C25H24ClN3OS. The highest BCUT2D eigenvalue weighted by Crippen LogP contribution is 2.34. The zero-order valence-electron chi connectivity index (χ0n) is 17.2. The number of methoxy groups -OCH3 is 1. The second kappa shape index (κ2) is 9.86. The Hall–Kier alpha value is -3.02. The van der Waals surface area contributed by atoms with Gasteiger partial charge in [-0.25, -0.2) is 0 Å². The molecule has 0 saturated carbocycles. The first-order valence-electron chi connectivity index (χ1n) is 10.1. The summed E-state index contributed by atoms with van der Waals surface area (Å²) >= 11 is 12.1. The van der Waals surface area contributed by atoms with Crippen molar-refractivity contribution in [2.45, 2.75) is 12.5 Å². The van der Waals surface area contributed by atoms with Crippen LogP contribution < -0.4 is 15.4 Å². The number of thiocarbonyl (C=S) groups is 1. The third-order valence-electron chi connectivity index (χ3n) is 5.36. The molecule has 4 aromatic rings. The van der Waals surface area contributed by atoms with Crippen LogP contribution in [0, 0.1) is 0 Å². The van der Waals surface area contributed by atoms with E-state index in [-0.39, 0.29) is 5.92 Å². The van der Waals surface area contributed by atoms with Crippen LogP contribution in [0.4, 0.5) is 0 Å². The van der Waals surface area contributed by atoms with Crippen LogP contribution >= 0.6 is 23.8 Å². The summed E-state index contributed by atoms with van der Waals surface area (Å²) in [4.78, 5) is 3.37. The van der Waals surface area contributed by atoms with Crippen LogP contribution in [-0.4, -0.2) is 23.8 Å². The molecule has 0 spiro atoms. The van der Waals surface area contributed by atoms with Gasteiger partial charge in [0.05, 0.1) is 7.11 Å². The molecule has 0 aliphatic carbocycles. The summed E-state index contributed by atoms with van der Waals surface area (Å²) in [6.45, 7) is 1.26. The number of benzene rings is 3. The molecule has 0 aliphatic heterocycles. The number of rotatable bonds is 7. The fourth-order valence-corrected chi connectivity index (χ4v) is 4.13. The van der Waals surface area contributed by atoms with Crippen molar-refractivity contribution in [1.29, 1.82) is 0 Å². The summed E-state index contributed by atoms with van der Waals surface area (Å²) in [6, 6.07) is 24.2. The number of H-pyrrole nitrogens is 1. The van der Waals surface area contributed by atoms with Gasteiger partial charge in [0, 0.05) is 41.1 Å². The molecule has 6 heteroatoms. The molecule has 1 heterocycles. The lowest BCUT2D eigenvalue weighted by Gasteiger charge is -2.20. The minimum absolute atomic E-state index is 0.0468. The number of hydrogen-bond donors (Lipinski definition) is 3. The molecule has 4 rings (SSSR count). The number of fused-ring (bicyclic) bond motifs is 1. The van der Waals surface area contributed by atoms with Gasteiger partial charge in [0.2, 0.25) is 0 Å². The number of nitrogens with one attached hydrogen (secondary N) is 3. The molecule has 1 atom stereocenters. The lowest BCUT2D eigenvalue weighted by atomic mass is 9.91. The van der Waals surface area contributed by atoms with Crippen LogP contribution in [0.3, 0.4) is 0 Å². The van der Waals surface area contributed by atoms with Gasteiger partial charge in [-0.15, -0.1) is 0 Å². The van der Waals surface area contributed by atoms with E-state index in [1.54, 1.807) is 7.11 Å². The molecule has 4 nitrogen and oxygen atoms in total. The molecule has 0 amide bonds. The fraction of sp³-hybridized carbons (Fsp3) is 0.160. The SMILES string of the molecule is COc1ccc(CNC(=S)NCC(c2ccccc2Cl)c2c[nH]c3ccccc23)cc1. The second-order valence-corrected chi connectivity index (χ2v) is 8.09. The number of hydrogen-bond acceptors (Lipinski definition) is 2. The first-order chi connectivity index (χ1) is 15.2. The van der Waals surface area contributed by atoms with E-state index in [0.717, 1.165) is 27.4 Å². The van der Waals surface area contributed by atoms with Gasteiger partial charge in [0.1, 0.15) is 5.75 Å². The summed E-state index contributed by atoms with van der Waals surface area (Å²) < 4.78 is 5.21. The van der Waals surface area contributed by atoms with Crippen molar-refractivity contribution in [3.05, 3.63) is 101 Å². The highest BCUT2D eigenvalue weighted by Gasteiger charge is 2.20. The standard InChI is InChI=1S/C25H24ClN3OS/c1-30-18-12-10-17(11-13-18)14-28-25(31)29-16-21(19-6-2-4-8-23(19)26)22-15-27-24-9-5-3-7-20(22)24/h2-13,15,21,27H,14,16H2,1H3,(H2,28,29,31). The largest absolute Gasteiger partial charge is 0.497 e. The highest BCUT2D eigenvalue weighted by atomic mass is 35.5. The monoisotopic (exact) mass is 449 g/mol. The molecular weight excluding hydrogens is 426 g/mol. The van der Waals surface area contributed by atoms with E-state index in [0.29, 0.717) is 18.2 Å². The van der Waals surface area contributed by atoms with Crippen molar-refractivity contribution in [3.63, 3.8) is 0 Å². The third kappa shape index (κ3) is 5.01. The van der Waals surface area contributed by atoms with Gasteiger partial charge in [-0.05, 0) is 53.2 Å². The van der Waals surface area contributed by atoms with E-state index in [1.807, 2.05) is 48.5 Å². The van der Waals surface area contributed by atoms with Crippen LogP contribution in [0.5, 0.6) is 5.75 Å². The second-order valence-electron chi connectivity index (χ2n) is 7.28. The van der Waals surface area contributed by atoms with Gasteiger partial charge in [0.25, 0.3) is 0 Å². The Labute approximate surface area is 192 Å². The maximum absolute atomic E-state index is 6.57. The number of halogens is 1. The first-order valence-corrected chi connectivity index (χ1v) is 10.9. The molecule has 3 aromatic carbocycles. The van der Waals surface area contributed by atoms with Crippen LogP contribution in [0.15, 0.2) is 79.0 Å². The normalized spacial score (nSPS) is 11.8. The van der Waals surface area contributed by atoms with Crippen LogP contribution in [0.25, 0.3) is 10.9 Å². The molecule has 0 saturated heterocycles. The van der Waals surface area contributed by atoms with Gasteiger partial charge < -0.3 is 20.4 Å². The van der Waals surface area contributed by atoms with Crippen molar-refractivity contribution in [2.75, 3.05) is 13.7 Å². The number of ether oxygens (including phenoxy) is 1. The number of aromatic nitrogens is 1. The van der Waals surface area contributed by atoms with Gasteiger partial charge in [0.15, 0.2) is 5.11 Å². The molecule has 31 heavy (non-hydrogen) atoms. The summed E-state index contributed by atoms with van der Waals surface area (Å²) in [5, 5.41) is 9.19. The summed E-state index contributed by atoms with van der Waals surface area (Å²) in [6.07, 6.45) is 2.06. The zero-order chi connectivity index (χ0) is 21.6. The number of aromatic amines is 1. The molecule has 1 unspecified atom stereocenters.